The zero-order valence-electron chi connectivity index (χ0n) is 9.71. The van der Waals surface area contributed by atoms with Gasteiger partial charge in [0.05, 0.1) is 0 Å². The van der Waals surface area contributed by atoms with Crippen molar-refractivity contribution in [3.05, 3.63) is 35.4 Å². The van der Waals surface area contributed by atoms with Gasteiger partial charge >= 0.3 is 0 Å². The molecular weight excluding hydrogens is 196 g/mol. The molecule has 2 fully saturated rings. The zero-order valence-corrected chi connectivity index (χ0v) is 9.71. The second-order valence-electron chi connectivity index (χ2n) is 5.05. The summed E-state index contributed by atoms with van der Waals surface area (Å²) in [6.07, 6.45) is 2.60. The van der Waals surface area contributed by atoms with Crippen molar-refractivity contribution in [1.29, 1.82) is 0 Å². The summed E-state index contributed by atoms with van der Waals surface area (Å²) < 4.78 is 0. The first-order valence-corrected chi connectivity index (χ1v) is 6.45. The monoisotopic (exact) mass is 216 g/mol. The number of benzene rings is 1. The Bertz CT molecular complexity index is 318. The summed E-state index contributed by atoms with van der Waals surface area (Å²) in [6, 6.07) is 9.27. The Balaban J connectivity index is 1.81. The van der Waals surface area contributed by atoms with Gasteiger partial charge in [0.15, 0.2) is 0 Å². The summed E-state index contributed by atoms with van der Waals surface area (Å²) in [5.41, 5.74) is 3.07. The predicted molar refractivity (Wildman–Crippen MR) is 66.9 cm³/mol. The minimum absolute atomic E-state index is 0.745. The number of nitrogens with one attached hydrogen (secondary N) is 2. The van der Waals surface area contributed by atoms with E-state index in [-0.39, 0.29) is 0 Å². The van der Waals surface area contributed by atoms with Crippen molar-refractivity contribution in [1.82, 2.24) is 10.6 Å². The molecule has 16 heavy (non-hydrogen) atoms. The summed E-state index contributed by atoms with van der Waals surface area (Å²) in [4.78, 5) is 0. The molecule has 0 amide bonds. The van der Waals surface area contributed by atoms with E-state index in [9.17, 15) is 0 Å². The number of rotatable bonds is 2. The van der Waals surface area contributed by atoms with Crippen molar-refractivity contribution in [3.8, 4) is 0 Å². The van der Waals surface area contributed by atoms with Gasteiger partial charge in [0.25, 0.3) is 0 Å². The van der Waals surface area contributed by atoms with Crippen LogP contribution in [-0.4, -0.2) is 26.2 Å². The highest BCUT2D eigenvalue weighted by Gasteiger charge is 2.20. The van der Waals surface area contributed by atoms with Gasteiger partial charge in [0.1, 0.15) is 0 Å². The maximum atomic E-state index is 3.45. The first kappa shape index (κ1) is 10.3. The topological polar surface area (TPSA) is 24.1 Å². The maximum Gasteiger partial charge on any atom is 0.00206 e. The molecule has 86 valence electrons. The van der Waals surface area contributed by atoms with Crippen LogP contribution in [0.3, 0.4) is 0 Å². The lowest BCUT2D eigenvalue weighted by molar-refractivity contribution is 0.739. The SMILES string of the molecule is c1cc(C2CCNC2)cc(C2CCNC2)c1. The van der Waals surface area contributed by atoms with E-state index in [4.69, 9.17) is 0 Å². The normalized spacial score (nSPS) is 29.8. The van der Waals surface area contributed by atoms with Crippen LogP contribution in [0, 0.1) is 0 Å². The molecule has 0 saturated carbocycles. The Kier molecular flexibility index (Phi) is 2.94. The third kappa shape index (κ3) is 2.00. The zero-order chi connectivity index (χ0) is 10.8. The molecule has 0 radical (unpaired) electrons. The van der Waals surface area contributed by atoms with Gasteiger partial charge in [-0.05, 0) is 48.9 Å². The minimum Gasteiger partial charge on any atom is -0.316 e. The molecule has 0 spiro atoms. The molecule has 2 aliphatic rings. The Morgan fingerprint density at radius 2 is 1.44 bits per heavy atom. The standard InChI is InChI=1S/C14H20N2/c1-2-11(13-4-6-15-9-13)8-12(3-1)14-5-7-16-10-14/h1-3,8,13-16H,4-7,9-10H2. The van der Waals surface area contributed by atoms with Crippen LogP contribution in [0.4, 0.5) is 0 Å². The van der Waals surface area contributed by atoms with Crippen molar-refractivity contribution in [3.63, 3.8) is 0 Å². The van der Waals surface area contributed by atoms with Crippen molar-refractivity contribution in [2.75, 3.05) is 26.2 Å². The van der Waals surface area contributed by atoms with Gasteiger partial charge in [-0.15, -0.1) is 0 Å². The molecule has 2 N–H and O–H groups in total. The van der Waals surface area contributed by atoms with Crippen molar-refractivity contribution in [2.45, 2.75) is 24.7 Å². The molecule has 2 saturated heterocycles. The summed E-state index contributed by atoms with van der Waals surface area (Å²) in [6.45, 7) is 4.68. The molecule has 2 nitrogen and oxygen atoms in total. The molecule has 2 aliphatic heterocycles. The van der Waals surface area contributed by atoms with Crippen LogP contribution in [-0.2, 0) is 0 Å². The van der Waals surface area contributed by atoms with E-state index in [1.54, 1.807) is 0 Å². The molecule has 2 atom stereocenters. The highest BCUT2D eigenvalue weighted by atomic mass is 14.9. The van der Waals surface area contributed by atoms with Gasteiger partial charge in [-0.2, -0.15) is 0 Å². The fourth-order valence-corrected chi connectivity index (χ4v) is 2.95. The van der Waals surface area contributed by atoms with Crippen LogP contribution in [0.2, 0.25) is 0 Å². The molecule has 0 bridgehead atoms. The first-order valence-electron chi connectivity index (χ1n) is 6.45. The largest absolute Gasteiger partial charge is 0.316 e. The van der Waals surface area contributed by atoms with E-state index in [0.717, 1.165) is 24.9 Å². The van der Waals surface area contributed by atoms with Crippen LogP contribution < -0.4 is 10.6 Å². The van der Waals surface area contributed by atoms with Crippen LogP contribution in [0.15, 0.2) is 24.3 Å². The highest BCUT2D eigenvalue weighted by molar-refractivity contribution is 5.30. The minimum atomic E-state index is 0.745. The Labute approximate surface area is 97.4 Å². The molecule has 1 aromatic carbocycles. The van der Waals surface area contributed by atoms with Gasteiger partial charge < -0.3 is 10.6 Å². The van der Waals surface area contributed by atoms with Crippen molar-refractivity contribution < 1.29 is 0 Å². The van der Waals surface area contributed by atoms with E-state index in [2.05, 4.69) is 34.9 Å². The highest BCUT2D eigenvalue weighted by Crippen LogP contribution is 2.28. The van der Waals surface area contributed by atoms with E-state index in [1.807, 2.05) is 0 Å². The Morgan fingerprint density at radius 3 is 1.88 bits per heavy atom. The molecule has 2 unspecified atom stereocenters. The first-order chi connectivity index (χ1) is 7.93. The van der Waals surface area contributed by atoms with E-state index in [0.29, 0.717) is 0 Å². The third-order valence-electron chi connectivity index (χ3n) is 3.97. The van der Waals surface area contributed by atoms with Gasteiger partial charge in [-0.3, -0.25) is 0 Å². The lowest BCUT2D eigenvalue weighted by Crippen LogP contribution is -2.09. The van der Waals surface area contributed by atoms with E-state index < -0.39 is 0 Å². The van der Waals surface area contributed by atoms with Gasteiger partial charge in [0.2, 0.25) is 0 Å². The van der Waals surface area contributed by atoms with Crippen LogP contribution in [0.1, 0.15) is 35.8 Å². The maximum absolute atomic E-state index is 3.45. The summed E-state index contributed by atoms with van der Waals surface area (Å²) in [7, 11) is 0. The molecule has 1 aromatic rings. The third-order valence-corrected chi connectivity index (χ3v) is 3.97. The Morgan fingerprint density at radius 1 is 0.875 bits per heavy atom. The quantitative estimate of drug-likeness (QED) is 0.788. The molecule has 0 aromatic heterocycles. The average molecular weight is 216 g/mol. The lowest BCUT2D eigenvalue weighted by Gasteiger charge is -2.14. The lowest BCUT2D eigenvalue weighted by atomic mass is 9.91. The van der Waals surface area contributed by atoms with Gasteiger partial charge in [-0.1, -0.05) is 24.3 Å². The van der Waals surface area contributed by atoms with Gasteiger partial charge in [-0.25, -0.2) is 0 Å². The number of hydrogen-bond acceptors (Lipinski definition) is 2. The molecule has 2 heteroatoms. The fourth-order valence-electron chi connectivity index (χ4n) is 2.95. The van der Waals surface area contributed by atoms with Crippen molar-refractivity contribution in [2.24, 2.45) is 0 Å². The van der Waals surface area contributed by atoms with Crippen LogP contribution >= 0.6 is 0 Å². The van der Waals surface area contributed by atoms with E-state index >= 15 is 0 Å². The molecular formula is C14H20N2. The second-order valence-corrected chi connectivity index (χ2v) is 5.05. The fraction of sp³-hybridized carbons (Fsp3) is 0.571. The predicted octanol–water partition coefficient (Wildman–Crippen LogP) is 1.84. The molecule has 2 heterocycles. The smallest absolute Gasteiger partial charge is 0.00206 e. The summed E-state index contributed by atoms with van der Waals surface area (Å²) >= 11 is 0. The van der Waals surface area contributed by atoms with Crippen molar-refractivity contribution >= 4 is 0 Å². The molecule has 0 aliphatic carbocycles. The van der Waals surface area contributed by atoms with Crippen LogP contribution in [0.25, 0.3) is 0 Å². The second kappa shape index (κ2) is 4.56. The summed E-state index contributed by atoms with van der Waals surface area (Å²) in [5.74, 6) is 1.49. The number of hydrogen-bond donors (Lipinski definition) is 2. The Hall–Kier alpha value is -0.860. The van der Waals surface area contributed by atoms with E-state index in [1.165, 1.54) is 37.1 Å². The summed E-state index contributed by atoms with van der Waals surface area (Å²) in [5, 5.41) is 6.89. The van der Waals surface area contributed by atoms with Crippen LogP contribution in [0.5, 0.6) is 0 Å². The van der Waals surface area contributed by atoms with Gasteiger partial charge in [0, 0.05) is 13.1 Å². The molecule has 3 rings (SSSR count). The average Bonchev–Trinajstić information content (AvgIpc) is 3.03.